The molecule has 2 heterocycles. The maximum atomic E-state index is 6.07. The van der Waals surface area contributed by atoms with Gasteiger partial charge >= 0.3 is 0 Å². The van der Waals surface area contributed by atoms with E-state index in [1.165, 1.54) is 6.20 Å². The lowest BCUT2D eigenvalue weighted by Gasteiger charge is -2.04. The van der Waals surface area contributed by atoms with Crippen molar-refractivity contribution < 1.29 is 4.52 Å². The van der Waals surface area contributed by atoms with Gasteiger partial charge in [-0.3, -0.25) is 0 Å². The summed E-state index contributed by atoms with van der Waals surface area (Å²) in [5, 5.41) is 14.5. The number of hydrogen-bond acceptors (Lipinski definition) is 6. The lowest BCUT2D eigenvalue weighted by Crippen LogP contribution is -1.92. The molecule has 7 nitrogen and oxygen atoms in total. The van der Waals surface area contributed by atoms with Crippen molar-refractivity contribution >= 4 is 28.9 Å². The van der Waals surface area contributed by atoms with Crippen LogP contribution in [0.3, 0.4) is 0 Å². The normalized spacial score (nSPS) is 10.8. The molecule has 2 aromatic heterocycles. The molecule has 0 fully saturated rings. The second kappa shape index (κ2) is 4.52. The Hall–Kier alpha value is -2.12. The summed E-state index contributed by atoms with van der Waals surface area (Å²) >= 11 is 12.0. The van der Waals surface area contributed by atoms with Crippen molar-refractivity contribution in [3.63, 3.8) is 0 Å². The number of nitrogens with zero attached hydrogens (tertiary/aromatic N) is 4. The molecule has 3 rings (SSSR count). The topological polar surface area (TPSA) is 107 Å². The lowest BCUT2D eigenvalue weighted by molar-refractivity contribution is 0.432. The number of aromatic nitrogens is 5. The van der Waals surface area contributed by atoms with E-state index in [0.717, 1.165) is 0 Å². The van der Waals surface area contributed by atoms with Crippen molar-refractivity contribution in [1.29, 1.82) is 0 Å². The second-order valence-electron chi connectivity index (χ2n) is 3.60. The molecule has 0 saturated carbocycles. The Bertz CT molecular complexity index is 724. The quantitative estimate of drug-likeness (QED) is 0.703. The Balaban J connectivity index is 2.11. The van der Waals surface area contributed by atoms with Crippen molar-refractivity contribution in [2.75, 3.05) is 5.73 Å². The molecule has 0 spiro atoms. The van der Waals surface area contributed by atoms with E-state index in [1.807, 2.05) is 0 Å². The van der Waals surface area contributed by atoms with Gasteiger partial charge in [0.1, 0.15) is 0 Å². The third-order valence-electron chi connectivity index (χ3n) is 2.43. The summed E-state index contributed by atoms with van der Waals surface area (Å²) in [6.45, 7) is 0. The van der Waals surface area contributed by atoms with Crippen LogP contribution in [0.15, 0.2) is 22.9 Å². The minimum Gasteiger partial charge on any atom is -0.397 e. The molecule has 0 aliphatic heterocycles. The van der Waals surface area contributed by atoms with Crippen molar-refractivity contribution in [3.8, 4) is 23.0 Å². The molecule has 0 bridgehead atoms. The van der Waals surface area contributed by atoms with Gasteiger partial charge in [-0.15, -0.1) is 0 Å². The van der Waals surface area contributed by atoms with Crippen LogP contribution in [0.1, 0.15) is 0 Å². The fraction of sp³-hybridized carbons (Fsp3) is 0. The standard InChI is InChI=1S/C10H6Cl2N6O/c11-4-1-2-5(12)8(13)7(4)10-15-9(17-19-10)6-3-14-18-16-6/h1-3H,13H2,(H,14,16,18). The van der Waals surface area contributed by atoms with Gasteiger partial charge in [0, 0.05) is 0 Å². The Kier molecular flexibility index (Phi) is 2.84. The molecule has 1 aromatic carbocycles. The molecule has 3 aromatic rings. The van der Waals surface area contributed by atoms with E-state index in [9.17, 15) is 0 Å². The maximum absolute atomic E-state index is 6.07. The van der Waals surface area contributed by atoms with Gasteiger partial charge in [-0.25, -0.2) is 0 Å². The number of benzene rings is 1. The van der Waals surface area contributed by atoms with Crippen LogP contribution >= 0.6 is 23.2 Å². The second-order valence-corrected chi connectivity index (χ2v) is 4.41. The largest absolute Gasteiger partial charge is 0.397 e. The minimum atomic E-state index is 0.169. The Labute approximate surface area is 116 Å². The fourth-order valence-electron chi connectivity index (χ4n) is 1.52. The molecule has 96 valence electrons. The summed E-state index contributed by atoms with van der Waals surface area (Å²) in [5.41, 5.74) is 7.00. The van der Waals surface area contributed by atoms with E-state index in [0.29, 0.717) is 21.3 Å². The van der Waals surface area contributed by atoms with E-state index >= 15 is 0 Å². The van der Waals surface area contributed by atoms with Crippen LogP contribution in [0.4, 0.5) is 5.69 Å². The van der Waals surface area contributed by atoms with Crippen molar-refractivity contribution in [2.24, 2.45) is 0 Å². The Morgan fingerprint density at radius 3 is 2.74 bits per heavy atom. The van der Waals surface area contributed by atoms with E-state index < -0.39 is 0 Å². The summed E-state index contributed by atoms with van der Waals surface area (Å²) < 4.78 is 5.13. The van der Waals surface area contributed by atoms with Crippen LogP contribution in [-0.2, 0) is 0 Å². The molecule has 0 atom stereocenters. The van der Waals surface area contributed by atoms with Gasteiger partial charge in [-0.2, -0.15) is 20.4 Å². The van der Waals surface area contributed by atoms with Crippen LogP contribution in [0.5, 0.6) is 0 Å². The van der Waals surface area contributed by atoms with Gasteiger partial charge in [-0.1, -0.05) is 28.4 Å². The molecular weight excluding hydrogens is 291 g/mol. The number of nitrogens with two attached hydrogens (primary N) is 1. The van der Waals surface area contributed by atoms with Crippen molar-refractivity contribution in [2.45, 2.75) is 0 Å². The molecular formula is C10H6Cl2N6O. The highest BCUT2D eigenvalue weighted by molar-refractivity contribution is 6.37. The molecule has 0 amide bonds. The summed E-state index contributed by atoms with van der Waals surface area (Å²) in [4.78, 5) is 4.16. The molecule has 19 heavy (non-hydrogen) atoms. The van der Waals surface area contributed by atoms with Gasteiger partial charge in [0.25, 0.3) is 5.89 Å². The first-order valence-corrected chi connectivity index (χ1v) is 5.86. The van der Waals surface area contributed by atoms with E-state index in [4.69, 9.17) is 33.5 Å². The first kappa shape index (κ1) is 11.9. The van der Waals surface area contributed by atoms with Crippen LogP contribution < -0.4 is 5.73 Å². The minimum absolute atomic E-state index is 0.169. The molecule has 0 aliphatic rings. The molecule has 3 N–H and O–H groups in total. The molecule has 0 unspecified atom stereocenters. The van der Waals surface area contributed by atoms with E-state index in [1.54, 1.807) is 12.1 Å². The van der Waals surface area contributed by atoms with E-state index in [2.05, 4.69) is 25.6 Å². The molecule has 0 radical (unpaired) electrons. The van der Waals surface area contributed by atoms with Gasteiger partial charge in [0.05, 0.1) is 27.5 Å². The van der Waals surface area contributed by atoms with Crippen molar-refractivity contribution in [1.82, 2.24) is 25.6 Å². The number of halogens is 2. The van der Waals surface area contributed by atoms with Crippen LogP contribution in [0, 0.1) is 0 Å². The van der Waals surface area contributed by atoms with Gasteiger partial charge in [-0.05, 0) is 12.1 Å². The molecule has 9 heteroatoms. The number of aromatic amines is 1. The zero-order valence-corrected chi connectivity index (χ0v) is 10.8. The number of nitrogens with one attached hydrogen (secondary N) is 1. The number of anilines is 1. The highest BCUT2D eigenvalue weighted by Crippen LogP contribution is 2.37. The summed E-state index contributed by atoms with van der Waals surface area (Å²) in [5.74, 6) is 0.446. The predicted molar refractivity (Wildman–Crippen MR) is 69.5 cm³/mol. The average Bonchev–Trinajstić information content (AvgIpc) is 3.04. The highest BCUT2D eigenvalue weighted by atomic mass is 35.5. The van der Waals surface area contributed by atoms with Crippen molar-refractivity contribution in [3.05, 3.63) is 28.4 Å². The van der Waals surface area contributed by atoms with Crippen LogP contribution in [0.25, 0.3) is 23.0 Å². The number of rotatable bonds is 2. The van der Waals surface area contributed by atoms with Crippen LogP contribution in [-0.4, -0.2) is 25.6 Å². The maximum Gasteiger partial charge on any atom is 0.261 e. The predicted octanol–water partition coefficient (Wildman–Crippen LogP) is 2.41. The zero-order chi connectivity index (χ0) is 13.4. The van der Waals surface area contributed by atoms with Gasteiger partial charge < -0.3 is 10.3 Å². The first-order valence-electron chi connectivity index (χ1n) is 5.10. The third-order valence-corrected chi connectivity index (χ3v) is 3.07. The molecule has 0 aliphatic carbocycles. The number of nitrogen functional groups attached to an aromatic ring is 1. The fourth-order valence-corrected chi connectivity index (χ4v) is 1.93. The summed E-state index contributed by atoms with van der Waals surface area (Å²) in [7, 11) is 0. The SMILES string of the molecule is Nc1c(Cl)ccc(Cl)c1-c1nc(-c2cn[nH]n2)no1. The third kappa shape index (κ3) is 2.02. The Morgan fingerprint density at radius 2 is 2.00 bits per heavy atom. The average molecular weight is 297 g/mol. The highest BCUT2D eigenvalue weighted by Gasteiger charge is 2.18. The number of H-pyrrole nitrogens is 1. The lowest BCUT2D eigenvalue weighted by atomic mass is 10.2. The smallest absolute Gasteiger partial charge is 0.261 e. The van der Waals surface area contributed by atoms with E-state index in [-0.39, 0.29) is 17.4 Å². The number of hydrogen-bond donors (Lipinski definition) is 2. The van der Waals surface area contributed by atoms with Gasteiger partial charge in [0.15, 0.2) is 5.69 Å². The first-order chi connectivity index (χ1) is 9.16. The summed E-state index contributed by atoms with van der Waals surface area (Å²) in [6.07, 6.45) is 1.47. The monoisotopic (exact) mass is 296 g/mol. The van der Waals surface area contributed by atoms with Gasteiger partial charge in [0.2, 0.25) is 5.82 Å². The zero-order valence-electron chi connectivity index (χ0n) is 9.26. The Morgan fingerprint density at radius 1 is 1.21 bits per heavy atom. The van der Waals surface area contributed by atoms with Crippen LogP contribution in [0.2, 0.25) is 10.0 Å². The summed E-state index contributed by atoms with van der Waals surface area (Å²) in [6, 6.07) is 3.20. The molecule has 0 saturated heterocycles.